The Morgan fingerprint density at radius 3 is 2.46 bits per heavy atom. The van der Waals surface area contributed by atoms with Crippen molar-refractivity contribution >= 4 is 27.5 Å². The second-order valence-corrected chi connectivity index (χ2v) is 13.9. The van der Waals surface area contributed by atoms with Crippen molar-refractivity contribution in [3.63, 3.8) is 0 Å². The summed E-state index contributed by atoms with van der Waals surface area (Å²) in [5.41, 5.74) is 1.34. The van der Waals surface area contributed by atoms with Crippen LogP contribution in [-0.2, 0) is 0 Å². The van der Waals surface area contributed by atoms with Crippen molar-refractivity contribution in [3.8, 4) is 35.4 Å². The van der Waals surface area contributed by atoms with E-state index in [0.29, 0.717) is 63.6 Å². The predicted octanol–water partition coefficient (Wildman–Crippen LogP) is 5.89. The van der Waals surface area contributed by atoms with Crippen molar-refractivity contribution in [2.75, 3.05) is 37.7 Å². The minimum absolute atomic E-state index is 0.0352. The van der Waals surface area contributed by atoms with Gasteiger partial charge in [-0.15, -0.1) is 6.42 Å². The maximum Gasteiger partial charge on any atom is 0.319 e. The second kappa shape index (κ2) is 11.4. The predicted molar refractivity (Wildman–Crippen MR) is 179 cm³/mol. The molecule has 2 aromatic carbocycles. The molecule has 2 aromatic heterocycles. The van der Waals surface area contributed by atoms with Crippen molar-refractivity contribution < 1.29 is 14.2 Å². The number of nitrogens with one attached hydrogen (secondary N) is 1. The molecule has 4 fully saturated rings. The Bertz CT molecular complexity index is 1840. The molecule has 0 aliphatic carbocycles. The summed E-state index contributed by atoms with van der Waals surface area (Å²) in [6.07, 6.45) is 14.3. The number of hydrogen-bond donors (Lipinski definition) is 2. The lowest BCUT2D eigenvalue weighted by molar-refractivity contribution is 0.107. The summed E-state index contributed by atoms with van der Waals surface area (Å²) in [4.78, 5) is 19.3. The van der Waals surface area contributed by atoms with Crippen LogP contribution < -0.4 is 15.0 Å². The molecule has 46 heavy (non-hydrogen) atoms. The lowest BCUT2D eigenvalue weighted by atomic mass is 9.86. The smallest absolute Gasteiger partial charge is 0.319 e. The average molecular weight is 621 g/mol. The zero-order valence-corrected chi connectivity index (χ0v) is 26.6. The van der Waals surface area contributed by atoms with Gasteiger partial charge in [-0.2, -0.15) is 9.97 Å². The van der Waals surface area contributed by atoms with E-state index in [2.05, 4.69) is 39.9 Å². The molecule has 2 bridgehead atoms. The molecule has 0 radical (unpaired) electrons. The number of phenols is 1. The molecular formula is C37H41FN6O2. The van der Waals surface area contributed by atoms with Gasteiger partial charge in [-0.1, -0.05) is 44.7 Å². The molecular weight excluding hydrogens is 579 g/mol. The summed E-state index contributed by atoms with van der Waals surface area (Å²) in [6.45, 7) is 8.82. The molecule has 238 valence electrons. The maximum atomic E-state index is 16.9. The van der Waals surface area contributed by atoms with Gasteiger partial charge in [-0.3, -0.25) is 9.88 Å². The molecule has 2 unspecified atom stereocenters. The van der Waals surface area contributed by atoms with Crippen molar-refractivity contribution in [1.82, 2.24) is 25.2 Å². The number of pyridine rings is 1. The van der Waals surface area contributed by atoms with Gasteiger partial charge in [0.25, 0.3) is 0 Å². The van der Waals surface area contributed by atoms with Crippen LogP contribution in [0.4, 0.5) is 10.2 Å². The normalized spacial score (nSPS) is 27.4. The Hall–Kier alpha value is -4.00. The highest BCUT2D eigenvalue weighted by atomic mass is 19.1. The van der Waals surface area contributed by atoms with Gasteiger partial charge in [0.2, 0.25) is 0 Å². The first-order chi connectivity index (χ1) is 22.4. The molecule has 0 amide bonds. The minimum atomic E-state index is -0.554. The number of phenolic OH excluding ortho intramolecular Hbond substituents is 1. The molecule has 9 heteroatoms. The summed E-state index contributed by atoms with van der Waals surface area (Å²) in [5.74, 6) is 4.20. The average Bonchev–Trinajstić information content (AvgIpc) is 3.72. The summed E-state index contributed by atoms with van der Waals surface area (Å²) in [7, 11) is 0. The highest BCUT2D eigenvalue weighted by Crippen LogP contribution is 2.46. The van der Waals surface area contributed by atoms with Gasteiger partial charge in [-0.05, 0) is 55.7 Å². The first kappa shape index (κ1) is 29.4. The standard InChI is InChI=1S/C37H41FN6O2/c1-4-22-14-37(15-23(5-2)18-44(37)17-22)21-46-36-41-34-29(35(42-36)43-19-25-10-11-26(20-43)40-25)16-39-33(32(34)38)28-12-13-30(45)27-9-7-8-24(6-3)31(27)28/h3,7-9,12-13,16,22-23,25-26,40,45H,4-5,10-11,14-15,17-21H2,1-2H3/t22?,23?,25-,26+,37?. The quantitative estimate of drug-likeness (QED) is 0.248. The number of anilines is 1. The third kappa shape index (κ3) is 4.76. The van der Waals surface area contributed by atoms with E-state index < -0.39 is 5.82 Å². The number of benzene rings is 2. The van der Waals surface area contributed by atoms with E-state index in [1.807, 2.05) is 0 Å². The highest BCUT2D eigenvalue weighted by molar-refractivity contribution is 6.04. The molecule has 0 saturated carbocycles. The number of rotatable bonds is 7. The third-order valence-corrected chi connectivity index (χ3v) is 11.2. The van der Waals surface area contributed by atoms with Gasteiger partial charge in [0.1, 0.15) is 29.4 Å². The minimum Gasteiger partial charge on any atom is -0.507 e. The third-order valence-electron chi connectivity index (χ3n) is 11.2. The van der Waals surface area contributed by atoms with Crippen LogP contribution in [0.5, 0.6) is 11.8 Å². The number of aromatic nitrogens is 3. The maximum absolute atomic E-state index is 16.9. The molecule has 4 atom stereocenters. The van der Waals surface area contributed by atoms with E-state index in [1.165, 1.54) is 0 Å². The van der Waals surface area contributed by atoms with Crippen LogP contribution in [0.25, 0.3) is 32.9 Å². The summed E-state index contributed by atoms with van der Waals surface area (Å²) >= 11 is 0. The van der Waals surface area contributed by atoms with E-state index in [4.69, 9.17) is 21.1 Å². The molecule has 4 aliphatic heterocycles. The van der Waals surface area contributed by atoms with Crippen LogP contribution >= 0.6 is 0 Å². The van der Waals surface area contributed by atoms with Crippen LogP contribution in [0.15, 0.2) is 36.5 Å². The van der Waals surface area contributed by atoms with Gasteiger partial charge in [0.05, 0.1) is 10.9 Å². The number of aromatic hydroxyl groups is 1. The summed E-state index contributed by atoms with van der Waals surface area (Å²) in [5, 5.41) is 16.0. The number of ether oxygens (including phenoxy) is 1. The first-order valence-electron chi connectivity index (χ1n) is 16.9. The Kier molecular flexibility index (Phi) is 7.26. The number of nitrogens with zero attached hydrogens (tertiary/aromatic N) is 5. The van der Waals surface area contributed by atoms with Crippen LogP contribution in [0.1, 0.15) is 57.9 Å². The molecule has 4 aromatic rings. The van der Waals surface area contributed by atoms with E-state index in [9.17, 15) is 5.11 Å². The van der Waals surface area contributed by atoms with Crippen LogP contribution in [0.3, 0.4) is 0 Å². The van der Waals surface area contributed by atoms with Crippen molar-refractivity contribution in [2.24, 2.45) is 11.8 Å². The van der Waals surface area contributed by atoms with Crippen molar-refractivity contribution in [1.29, 1.82) is 0 Å². The highest BCUT2D eigenvalue weighted by Gasteiger charge is 2.51. The first-order valence-corrected chi connectivity index (χ1v) is 16.9. The van der Waals surface area contributed by atoms with E-state index >= 15 is 4.39 Å². The monoisotopic (exact) mass is 620 g/mol. The number of fused-ring (bicyclic) bond motifs is 5. The Balaban J connectivity index is 1.24. The Morgan fingerprint density at radius 1 is 1.02 bits per heavy atom. The van der Waals surface area contributed by atoms with E-state index in [1.54, 1.807) is 36.5 Å². The van der Waals surface area contributed by atoms with E-state index in [-0.39, 0.29) is 28.5 Å². The molecule has 8 nitrogen and oxygen atoms in total. The number of halogens is 1. The largest absolute Gasteiger partial charge is 0.507 e. The lowest BCUT2D eigenvalue weighted by Gasteiger charge is -2.34. The van der Waals surface area contributed by atoms with Crippen molar-refractivity contribution in [3.05, 3.63) is 47.9 Å². The van der Waals surface area contributed by atoms with Crippen LogP contribution in [-0.4, -0.2) is 75.4 Å². The Morgan fingerprint density at radius 2 is 1.76 bits per heavy atom. The zero-order chi connectivity index (χ0) is 31.6. The van der Waals surface area contributed by atoms with Crippen molar-refractivity contribution in [2.45, 2.75) is 70.0 Å². The fourth-order valence-electron chi connectivity index (χ4n) is 8.78. The zero-order valence-electron chi connectivity index (χ0n) is 26.6. The SMILES string of the molecule is C#Cc1cccc2c(O)ccc(-c3ncc4c(N5C[C@H]6CC[C@@H](C5)N6)nc(OCC56CC(CC)CN5CC(CC)C6)nc4c3F)c12. The van der Waals surface area contributed by atoms with Crippen LogP contribution in [0.2, 0.25) is 0 Å². The van der Waals surface area contributed by atoms with Gasteiger partial charge < -0.3 is 20.1 Å². The van der Waals surface area contributed by atoms with Gasteiger partial charge in [-0.25, -0.2) is 4.39 Å². The lowest BCUT2D eigenvalue weighted by Crippen LogP contribution is -2.51. The number of hydrogen-bond acceptors (Lipinski definition) is 8. The Labute approximate surface area is 269 Å². The number of terminal acetylenes is 1. The molecule has 4 saturated heterocycles. The fraction of sp³-hybridized carbons (Fsp3) is 0.486. The molecule has 6 heterocycles. The summed E-state index contributed by atoms with van der Waals surface area (Å²) in [6, 6.07) is 9.53. The molecule has 4 aliphatic rings. The number of piperazine rings is 1. The molecule has 0 spiro atoms. The topological polar surface area (TPSA) is 86.6 Å². The second-order valence-electron chi connectivity index (χ2n) is 13.9. The van der Waals surface area contributed by atoms with Gasteiger partial charge >= 0.3 is 6.01 Å². The summed E-state index contributed by atoms with van der Waals surface area (Å²) < 4.78 is 23.5. The van der Waals surface area contributed by atoms with Gasteiger partial charge in [0.15, 0.2) is 5.82 Å². The fourth-order valence-corrected chi connectivity index (χ4v) is 8.78. The van der Waals surface area contributed by atoms with Crippen LogP contribution in [0, 0.1) is 30.0 Å². The van der Waals surface area contributed by atoms with E-state index in [0.717, 1.165) is 64.7 Å². The molecule has 2 N–H and O–H groups in total. The molecule has 8 rings (SSSR count). The van der Waals surface area contributed by atoms with Gasteiger partial charge in [0, 0.05) is 66.4 Å².